The topological polar surface area (TPSA) is 109 Å². The Bertz CT molecular complexity index is 738. The third-order valence-electron chi connectivity index (χ3n) is 2.39. The summed E-state index contributed by atoms with van der Waals surface area (Å²) < 4.78 is 31.3. The summed E-state index contributed by atoms with van der Waals surface area (Å²) in [5.74, 6) is 0.324. The van der Waals surface area contributed by atoms with Crippen LogP contribution in [0.25, 0.3) is 0 Å². The molecule has 0 aliphatic heterocycles. The molecule has 20 heavy (non-hydrogen) atoms. The molecule has 0 aliphatic carbocycles. The number of sulfonamides is 1. The molecule has 1 heterocycles. The van der Waals surface area contributed by atoms with Gasteiger partial charge in [-0.3, -0.25) is 0 Å². The summed E-state index contributed by atoms with van der Waals surface area (Å²) in [5.41, 5.74) is 0.215. The van der Waals surface area contributed by atoms with Crippen LogP contribution < -0.4 is 4.72 Å². The molecule has 0 amide bonds. The van der Waals surface area contributed by atoms with Gasteiger partial charge in [0.2, 0.25) is 15.9 Å². The molecule has 104 valence electrons. The highest BCUT2D eigenvalue weighted by atomic mass is 35.5. The maximum atomic E-state index is 12.1. The number of aromatic nitrogens is 2. The highest BCUT2D eigenvalue weighted by Gasteiger charge is 2.18. The monoisotopic (exact) mass is 312 g/mol. The second kappa shape index (κ2) is 6.00. The van der Waals surface area contributed by atoms with Gasteiger partial charge in [0.1, 0.15) is 4.90 Å². The summed E-state index contributed by atoms with van der Waals surface area (Å²) in [7, 11) is -3.80. The highest BCUT2D eigenvalue weighted by molar-refractivity contribution is 7.89. The number of hydrogen-bond acceptors (Lipinski definition) is 6. The van der Waals surface area contributed by atoms with Gasteiger partial charge in [-0.2, -0.15) is 10.2 Å². The maximum Gasteiger partial charge on any atom is 0.242 e. The van der Waals surface area contributed by atoms with Gasteiger partial charge >= 0.3 is 0 Å². The van der Waals surface area contributed by atoms with Crippen molar-refractivity contribution in [2.24, 2.45) is 0 Å². The first-order valence-corrected chi connectivity index (χ1v) is 7.34. The van der Waals surface area contributed by atoms with Gasteiger partial charge in [0, 0.05) is 13.0 Å². The van der Waals surface area contributed by atoms with E-state index in [1.165, 1.54) is 24.5 Å². The van der Waals surface area contributed by atoms with Crippen LogP contribution in [0.1, 0.15) is 11.5 Å². The van der Waals surface area contributed by atoms with Crippen molar-refractivity contribution in [3.05, 3.63) is 41.0 Å². The lowest BCUT2D eigenvalue weighted by molar-refractivity contribution is 0.377. The van der Waals surface area contributed by atoms with E-state index in [0.29, 0.717) is 5.89 Å². The van der Waals surface area contributed by atoms with Gasteiger partial charge in [0.25, 0.3) is 0 Å². The molecule has 0 radical (unpaired) electrons. The van der Waals surface area contributed by atoms with Gasteiger partial charge in [-0.05, 0) is 18.2 Å². The van der Waals surface area contributed by atoms with Crippen LogP contribution in [0.5, 0.6) is 0 Å². The summed E-state index contributed by atoms with van der Waals surface area (Å²) >= 11 is 5.85. The van der Waals surface area contributed by atoms with Crippen molar-refractivity contribution in [1.29, 1.82) is 5.26 Å². The van der Waals surface area contributed by atoms with E-state index < -0.39 is 10.0 Å². The standard InChI is InChI=1S/C11H9ClN4O3S/c12-9-2-1-8(6-13)5-10(9)20(17,18)16-4-3-11-14-7-15-19-11/h1-2,5,7,16H,3-4H2. The fourth-order valence-electron chi connectivity index (χ4n) is 1.46. The first-order chi connectivity index (χ1) is 9.53. The Balaban J connectivity index is 2.12. The number of hydrogen-bond donors (Lipinski definition) is 1. The lowest BCUT2D eigenvalue weighted by Crippen LogP contribution is -2.26. The molecule has 1 N–H and O–H groups in total. The molecule has 7 nitrogen and oxygen atoms in total. The van der Waals surface area contributed by atoms with Crippen LogP contribution >= 0.6 is 11.6 Å². The van der Waals surface area contributed by atoms with Gasteiger partial charge in [-0.1, -0.05) is 16.8 Å². The lowest BCUT2D eigenvalue weighted by Gasteiger charge is -2.07. The molecule has 0 bridgehead atoms. The Labute approximate surface area is 120 Å². The van der Waals surface area contributed by atoms with Crippen molar-refractivity contribution in [2.75, 3.05) is 6.54 Å². The van der Waals surface area contributed by atoms with Gasteiger partial charge in [0.15, 0.2) is 6.33 Å². The van der Waals surface area contributed by atoms with Crippen molar-refractivity contribution in [2.45, 2.75) is 11.3 Å². The zero-order valence-electron chi connectivity index (χ0n) is 10.1. The largest absolute Gasteiger partial charge is 0.340 e. The van der Waals surface area contributed by atoms with E-state index in [-0.39, 0.29) is 28.4 Å². The fourth-order valence-corrected chi connectivity index (χ4v) is 3.01. The van der Waals surface area contributed by atoms with Crippen molar-refractivity contribution in [3.63, 3.8) is 0 Å². The molecular formula is C11H9ClN4O3S. The zero-order chi connectivity index (χ0) is 14.6. The van der Waals surface area contributed by atoms with Crippen LogP contribution in [0.2, 0.25) is 5.02 Å². The number of halogens is 1. The van der Waals surface area contributed by atoms with Gasteiger partial charge in [-0.25, -0.2) is 13.1 Å². The second-order valence-electron chi connectivity index (χ2n) is 3.74. The Morgan fingerprint density at radius 2 is 2.25 bits per heavy atom. The summed E-state index contributed by atoms with van der Waals surface area (Å²) in [6.07, 6.45) is 1.49. The van der Waals surface area contributed by atoms with E-state index >= 15 is 0 Å². The first kappa shape index (κ1) is 14.5. The van der Waals surface area contributed by atoms with Crippen LogP contribution in [0, 0.1) is 11.3 Å². The minimum Gasteiger partial charge on any atom is -0.340 e. The smallest absolute Gasteiger partial charge is 0.242 e. The van der Waals surface area contributed by atoms with Crippen LogP contribution in [-0.4, -0.2) is 25.1 Å². The molecule has 1 aromatic carbocycles. The fraction of sp³-hybridized carbons (Fsp3) is 0.182. The normalized spacial score (nSPS) is 11.2. The van der Waals surface area contributed by atoms with Crippen molar-refractivity contribution < 1.29 is 12.9 Å². The van der Waals surface area contributed by atoms with Crippen LogP contribution in [0.4, 0.5) is 0 Å². The average Bonchev–Trinajstić information content (AvgIpc) is 2.92. The van der Waals surface area contributed by atoms with Crippen LogP contribution in [0.3, 0.4) is 0 Å². The summed E-state index contributed by atoms with van der Waals surface area (Å²) in [5, 5.41) is 12.2. The number of benzene rings is 1. The predicted molar refractivity (Wildman–Crippen MR) is 69.4 cm³/mol. The van der Waals surface area contributed by atoms with Crippen molar-refractivity contribution >= 4 is 21.6 Å². The third-order valence-corrected chi connectivity index (χ3v) is 4.33. The molecule has 0 spiro atoms. The van der Waals surface area contributed by atoms with Crippen LogP contribution in [-0.2, 0) is 16.4 Å². The number of nitrogens with zero attached hydrogens (tertiary/aromatic N) is 3. The summed E-state index contributed by atoms with van der Waals surface area (Å²) in [6.45, 7) is 0.0810. The molecule has 9 heteroatoms. The molecular weight excluding hydrogens is 304 g/mol. The maximum absolute atomic E-state index is 12.1. The molecule has 0 saturated carbocycles. The average molecular weight is 313 g/mol. The quantitative estimate of drug-likeness (QED) is 0.886. The molecule has 0 aliphatic rings. The predicted octanol–water partition coefficient (Wildman–Crippen LogP) is 1.12. The Morgan fingerprint density at radius 3 is 2.90 bits per heavy atom. The molecule has 2 rings (SSSR count). The minimum absolute atomic E-state index is 0.0503. The lowest BCUT2D eigenvalue weighted by atomic mass is 10.2. The van der Waals surface area contributed by atoms with Gasteiger partial charge in [-0.15, -0.1) is 0 Å². The number of nitriles is 1. The molecule has 0 unspecified atom stereocenters. The van der Waals surface area contributed by atoms with Crippen molar-refractivity contribution in [3.8, 4) is 6.07 Å². The molecule has 0 atom stereocenters. The van der Waals surface area contributed by atoms with E-state index in [1.54, 1.807) is 0 Å². The van der Waals surface area contributed by atoms with Gasteiger partial charge in [0.05, 0.1) is 16.7 Å². The van der Waals surface area contributed by atoms with E-state index in [4.69, 9.17) is 21.4 Å². The Morgan fingerprint density at radius 1 is 1.45 bits per heavy atom. The molecule has 2 aromatic rings. The SMILES string of the molecule is N#Cc1ccc(Cl)c(S(=O)(=O)NCCc2ncno2)c1. The Hall–Kier alpha value is -1.95. The van der Waals surface area contributed by atoms with E-state index in [1.807, 2.05) is 6.07 Å². The number of nitrogens with one attached hydrogen (secondary N) is 1. The summed E-state index contributed by atoms with van der Waals surface area (Å²) in [6, 6.07) is 5.89. The minimum atomic E-state index is -3.80. The van der Waals surface area contributed by atoms with E-state index in [2.05, 4.69) is 14.9 Å². The van der Waals surface area contributed by atoms with E-state index in [9.17, 15) is 8.42 Å². The summed E-state index contributed by atoms with van der Waals surface area (Å²) in [4.78, 5) is 3.64. The molecule has 1 aromatic heterocycles. The third kappa shape index (κ3) is 3.33. The highest BCUT2D eigenvalue weighted by Crippen LogP contribution is 2.22. The molecule has 0 fully saturated rings. The first-order valence-electron chi connectivity index (χ1n) is 5.48. The zero-order valence-corrected chi connectivity index (χ0v) is 11.6. The van der Waals surface area contributed by atoms with Gasteiger partial charge < -0.3 is 4.52 Å². The van der Waals surface area contributed by atoms with Crippen LogP contribution in [0.15, 0.2) is 33.9 Å². The second-order valence-corrected chi connectivity index (χ2v) is 5.88. The van der Waals surface area contributed by atoms with E-state index in [0.717, 1.165) is 0 Å². The Kier molecular flexibility index (Phi) is 4.34. The number of rotatable bonds is 5. The van der Waals surface area contributed by atoms with Crippen molar-refractivity contribution in [1.82, 2.24) is 14.9 Å². The molecule has 0 saturated heterocycles.